The summed E-state index contributed by atoms with van der Waals surface area (Å²) in [6, 6.07) is 4.92. The Labute approximate surface area is 95.6 Å². The molecule has 0 radical (unpaired) electrons. The molecule has 0 heterocycles. The van der Waals surface area contributed by atoms with Gasteiger partial charge in [-0.05, 0) is 44.1 Å². The van der Waals surface area contributed by atoms with Crippen molar-refractivity contribution < 1.29 is 15.3 Å². The van der Waals surface area contributed by atoms with E-state index in [0.29, 0.717) is 18.5 Å². The van der Waals surface area contributed by atoms with Crippen molar-refractivity contribution in [2.45, 2.75) is 25.6 Å². The molecule has 90 valence electrons. The molecule has 0 saturated carbocycles. The first-order valence-corrected chi connectivity index (χ1v) is 5.36. The lowest BCUT2D eigenvalue weighted by molar-refractivity contribution is 0.0139. The summed E-state index contributed by atoms with van der Waals surface area (Å²) in [6.07, 6.45) is -1.32. The quantitative estimate of drug-likeness (QED) is 0.595. The van der Waals surface area contributed by atoms with Gasteiger partial charge in [-0.1, -0.05) is 12.1 Å². The lowest BCUT2D eigenvalue weighted by Gasteiger charge is -2.18. The number of nitrogens with one attached hydrogen (secondary N) is 1. The molecular weight excluding hydrogens is 206 g/mol. The molecule has 0 spiro atoms. The molecule has 0 amide bonds. The van der Waals surface area contributed by atoms with E-state index < -0.39 is 12.2 Å². The van der Waals surface area contributed by atoms with Gasteiger partial charge in [-0.2, -0.15) is 0 Å². The van der Waals surface area contributed by atoms with Crippen LogP contribution in [-0.2, 0) is 0 Å². The zero-order valence-corrected chi connectivity index (χ0v) is 9.64. The average Bonchev–Trinajstić information content (AvgIpc) is 2.28. The van der Waals surface area contributed by atoms with E-state index in [4.69, 9.17) is 0 Å². The summed E-state index contributed by atoms with van der Waals surface area (Å²) in [5.74, 6) is 0.136. The van der Waals surface area contributed by atoms with Crippen molar-refractivity contribution in [1.82, 2.24) is 5.32 Å². The third kappa shape index (κ3) is 3.20. The van der Waals surface area contributed by atoms with Gasteiger partial charge in [0.15, 0.2) is 0 Å². The number of hydrogen-bond acceptors (Lipinski definition) is 4. The number of aliphatic hydroxyl groups excluding tert-OH is 2. The minimum absolute atomic E-state index is 0.136. The summed E-state index contributed by atoms with van der Waals surface area (Å²) in [7, 11) is 1.79. The Morgan fingerprint density at radius 1 is 1.31 bits per heavy atom. The Balaban J connectivity index is 2.71. The molecule has 1 aromatic carbocycles. The van der Waals surface area contributed by atoms with E-state index in [1.54, 1.807) is 26.1 Å². The largest absolute Gasteiger partial charge is 0.508 e. The second-order valence-corrected chi connectivity index (χ2v) is 3.95. The van der Waals surface area contributed by atoms with Crippen LogP contribution in [0.3, 0.4) is 0 Å². The minimum atomic E-state index is -0.958. The molecule has 2 atom stereocenters. The molecule has 0 fully saturated rings. The molecule has 4 N–H and O–H groups in total. The van der Waals surface area contributed by atoms with Gasteiger partial charge >= 0.3 is 0 Å². The molecule has 1 aromatic rings. The summed E-state index contributed by atoms with van der Waals surface area (Å²) in [5, 5.41) is 31.9. The molecule has 4 nitrogen and oxygen atoms in total. The molecular formula is C12H19NO3. The van der Waals surface area contributed by atoms with Gasteiger partial charge in [-0.15, -0.1) is 0 Å². The number of phenolic OH excluding ortho intramolecular Hbond substituents is 1. The molecule has 1 rings (SSSR count). The second-order valence-electron chi connectivity index (χ2n) is 3.95. The Morgan fingerprint density at radius 2 is 2.00 bits per heavy atom. The maximum absolute atomic E-state index is 9.84. The van der Waals surface area contributed by atoms with Gasteiger partial charge in [0.25, 0.3) is 0 Å². The van der Waals surface area contributed by atoms with Gasteiger partial charge in [-0.3, -0.25) is 0 Å². The van der Waals surface area contributed by atoms with Gasteiger partial charge in [0.05, 0.1) is 6.10 Å². The highest BCUT2D eigenvalue weighted by Crippen LogP contribution is 2.24. The fourth-order valence-corrected chi connectivity index (χ4v) is 1.48. The van der Waals surface area contributed by atoms with Crippen molar-refractivity contribution in [3.8, 4) is 5.75 Å². The summed E-state index contributed by atoms with van der Waals surface area (Å²) in [6.45, 7) is 2.42. The van der Waals surface area contributed by atoms with Gasteiger partial charge in [0.1, 0.15) is 11.9 Å². The van der Waals surface area contributed by atoms with Gasteiger partial charge < -0.3 is 20.6 Å². The first-order chi connectivity index (χ1) is 7.56. The first kappa shape index (κ1) is 13.0. The predicted molar refractivity (Wildman–Crippen MR) is 62.4 cm³/mol. The molecule has 0 aromatic heterocycles. The average molecular weight is 225 g/mol. The van der Waals surface area contributed by atoms with Crippen LogP contribution in [0.4, 0.5) is 0 Å². The Bertz CT molecular complexity index is 341. The number of benzene rings is 1. The summed E-state index contributed by atoms with van der Waals surface area (Å²) >= 11 is 0. The zero-order chi connectivity index (χ0) is 12.1. The normalized spacial score (nSPS) is 14.8. The molecule has 0 aliphatic heterocycles. The van der Waals surface area contributed by atoms with E-state index in [9.17, 15) is 15.3 Å². The fourth-order valence-electron chi connectivity index (χ4n) is 1.48. The van der Waals surface area contributed by atoms with Crippen LogP contribution in [0.25, 0.3) is 0 Å². The first-order valence-electron chi connectivity index (χ1n) is 5.36. The molecule has 4 heteroatoms. The van der Waals surface area contributed by atoms with E-state index in [2.05, 4.69) is 5.32 Å². The van der Waals surface area contributed by atoms with Crippen molar-refractivity contribution >= 4 is 0 Å². The third-order valence-corrected chi connectivity index (χ3v) is 2.63. The standard InChI is InChI=1S/C12H19NO3/c1-8-3-4-9(7-11(8)15)12(16)10(14)5-6-13-2/h3-4,7,10,12-16H,5-6H2,1-2H3. The lowest BCUT2D eigenvalue weighted by Crippen LogP contribution is -2.23. The SMILES string of the molecule is CNCCC(O)C(O)c1ccc(C)c(O)c1. The molecule has 0 aliphatic carbocycles. The number of phenols is 1. The molecule has 0 aliphatic rings. The number of aryl methyl sites for hydroxylation is 1. The highest BCUT2D eigenvalue weighted by atomic mass is 16.3. The topological polar surface area (TPSA) is 72.7 Å². The number of hydrogen-bond donors (Lipinski definition) is 4. The van der Waals surface area contributed by atoms with Crippen molar-refractivity contribution in [2.24, 2.45) is 0 Å². The zero-order valence-electron chi connectivity index (χ0n) is 9.64. The highest BCUT2D eigenvalue weighted by molar-refractivity contribution is 5.36. The monoisotopic (exact) mass is 225 g/mol. The van der Waals surface area contributed by atoms with E-state index in [1.807, 2.05) is 0 Å². The highest BCUT2D eigenvalue weighted by Gasteiger charge is 2.18. The lowest BCUT2D eigenvalue weighted by atomic mass is 10.0. The maximum atomic E-state index is 9.84. The third-order valence-electron chi connectivity index (χ3n) is 2.63. The summed E-state index contributed by atoms with van der Waals surface area (Å²) in [5.41, 5.74) is 1.28. The van der Waals surface area contributed by atoms with Crippen LogP contribution in [-0.4, -0.2) is 35.0 Å². The fraction of sp³-hybridized carbons (Fsp3) is 0.500. The van der Waals surface area contributed by atoms with Crippen molar-refractivity contribution in [1.29, 1.82) is 0 Å². The summed E-state index contributed by atoms with van der Waals surface area (Å²) in [4.78, 5) is 0. The van der Waals surface area contributed by atoms with Crippen LogP contribution < -0.4 is 5.32 Å². The van der Waals surface area contributed by atoms with E-state index in [1.165, 1.54) is 6.07 Å². The van der Waals surface area contributed by atoms with Crippen LogP contribution >= 0.6 is 0 Å². The maximum Gasteiger partial charge on any atom is 0.118 e. The van der Waals surface area contributed by atoms with E-state index in [0.717, 1.165) is 5.56 Å². The van der Waals surface area contributed by atoms with Crippen LogP contribution in [0.5, 0.6) is 5.75 Å². The number of rotatable bonds is 5. The molecule has 2 unspecified atom stereocenters. The molecule has 16 heavy (non-hydrogen) atoms. The molecule has 0 saturated heterocycles. The van der Waals surface area contributed by atoms with Crippen LogP contribution in [0, 0.1) is 6.92 Å². The number of aromatic hydroxyl groups is 1. The van der Waals surface area contributed by atoms with Gasteiger partial charge in [-0.25, -0.2) is 0 Å². The van der Waals surface area contributed by atoms with Crippen molar-refractivity contribution in [3.63, 3.8) is 0 Å². The summed E-state index contributed by atoms with van der Waals surface area (Å²) < 4.78 is 0. The second kappa shape index (κ2) is 5.84. The Kier molecular flexibility index (Phi) is 4.73. The Hall–Kier alpha value is -1.10. The smallest absolute Gasteiger partial charge is 0.118 e. The Morgan fingerprint density at radius 3 is 2.56 bits per heavy atom. The predicted octanol–water partition coefficient (Wildman–Crippen LogP) is 0.704. The van der Waals surface area contributed by atoms with Crippen molar-refractivity contribution in [2.75, 3.05) is 13.6 Å². The number of aliphatic hydroxyl groups is 2. The van der Waals surface area contributed by atoms with E-state index >= 15 is 0 Å². The van der Waals surface area contributed by atoms with Crippen LogP contribution in [0.2, 0.25) is 0 Å². The minimum Gasteiger partial charge on any atom is -0.508 e. The molecule has 0 bridgehead atoms. The van der Waals surface area contributed by atoms with Crippen molar-refractivity contribution in [3.05, 3.63) is 29.3 Å². The van der Waals surface area contributed by atoms with Crippen LogP contribution in [0.15, 0.2) is 18.2 Å². The van der Waals surface area contributed by atoms with Crippen LogP contribution in [0.1, 0.15) is 23.7 Å². The van der Waals surface area contributed by atoms with Gasteiger partial charge in [0, 0.05) is 0 Å². The van der Waals surface area contributed by atoms with Gasteiger partial charge in [0.2, 0.25) is 0 Å². The van der Waals surface area contributed by atoms with E-state index in [-0.39, 0.29) is 5.75 Å².